The topological polar surface area (TPSA) is 12.9 Å². The molecule has 3 radical (unpaired) electrons. The van der Waals surface area contributed by atoms with Crippen LogP contribution in [0, 0.1) is 0 Å². The maximum Gasteiger partial charge on any atom is 0.0346 e. The van der Waals surface area contributed by atoms with Crippen molar-refractivity contribution in [1.82, 2.24) is 4.98 Å². The Bertz CT molecular complexity index is 419. The molecule has 0 aliphatic rings. The Balaban J connectivity index is 0. The average molecular weight is 214 g/mol. The van der Waals surface area contributed by atoms with E-state index in [9.17, 15) is 0 Å². The summed E-state index contributed by atoms with van der Waals surface area (Å²) in [7, 11) is 0. The molecule has 0 aliphatic heterocycles. The molecule has 0 saturated heterocycles. The van der Waals surface area contributed by atoms with Crippen LogP contribution in [0.3, 0.4) is 0 Å². The van der Waals surface area contributed by atoms with E-state index in [1.807, 2.05) is 12.4 Å². The van der Waals surface area contributed by atoms with Gasteiger partial charge in [-0.3, -0.25) is 4.98 Å². The third kappa shape index (κ3) is 3.09. The molecule has 0 spiro atoms. The Morgan fingerprint density at radius 3 is 2.38 bits per heavy atom. The first-order valence-electron chi connectivity index (χ1n) is 4.61. The predicted molar refractivity (Wildman–Crippen MR) is 75.0 cm³/mol. The zero-order chi connectivity index (χ0) is 9.26. The number of fused-ring (bicyclic) bond motifs is 1. The molecule has 0 saturated carbocycles. The second-order valence-corrected chi connectivity index (χ2v) is 3.60. The molecule has 1 nitrogen and oxygen atoms in total. The standard InChI is InChI=1S/C12H13N.2CH4.B/c1-9(2)11-5-3-4-10-8-13-7-6-12(10)11;;;/h3-9H,1-2H3;2*1H4;. The van der Waals surface area contributed by atoms with Crippen LogP contribution in [0.2, 0.25) is 0 Å². The maximum absolute atomic E-state index is 4.11. The molecule has 0 bridgehead atoms. The number of pyridine rings is 1. The number of hydrogen-bond donors (Lipinski definition) is 0. The molecule has 1 aromatic carbocycles. The van der Waals surface area contributed by atoms with Crippen molar-refractivity contribution in [3.8, 4) is 0 Å². The summed E-state index contributed by atoms with van der Waals surface area (Å²) in [6, 6.07) is 8.48. The van der Waals surface area contributed by atoms with Gasteiger partial charge in [-0.05, 0) is 22.9 Å². The highest BCUT2D eigenvalue weighted by Gasteiger charge is 2.03. The fraction of sp³-hybridized carbons (Fsp3) is 0.357. The van der Waals surface area contributed by atoms with Crippen molar-refractivity contribution in [2.45, 2.75) is 34.6 Å². The molecule has 0 amide bonds. The third-order valence-corrected chi connectivity index (χ3v) is 2.34. The molecular formula is C14H21BN. The smallest absolute Gasteiger partial charge is 0.0346 e. The van der Waals surface area contributed by atoms with E-state index < -0.39 is 0 Å². The van der Waals surface area contributed by atoms with Gasteiger partial charge in [0, 0.05) is 26.2 Å². The van der Waals surface area contributed by atoms with Crippen LogP contribution in [0.4, 0.5) is 0 Å². The van der Waals surface area contributed by atoms with Gasteiger partial charge in [0.1, 0.15) is 0 Å². The first-order chi connectivity index (χ1) is 6.29. The van der Waals surface area contributed by atoms with E-state index in [-0.39, 0.29) is 23.3 Å². The molecule has 1 aromatic heterocycles. The molecular weight excluding hydrogens is 193 g/mol. The monoisotopic (exact) mass is 214 g/mol. The van der Waals surface area contributed by atoms with Gasteiger partial charge in [0.15, 0.2) is 0 Å². The lowest BCUT2D eigenvalue weighted by Crippen LogP contribution is -1.88. The molecule has 0 N–H and O–H groups in total. The Morgan fingerprint density at radius 1 is 1.06 bits per heavy atom. The lowest BCUT2D eigenvalue weighted by molar-refractivity contribution is 0.876. The minimum atomic E-state index is 0. The molecule has 16 heavy (non-hydrogen) atoms. The molecule has 0 atom stereocenters. The number of hydrogen-bond acceptors (Lipinski definition) is 1. The second kappa shape index (κ2) is 7.05. The molecule has 1 heterocycles. The van der Waals surface area contributed by atoms with Gasteiger partial charge in [-0.15, -0.1) is 0 Å². The molecule has 0 unspecified atom stereocenters. The van der Waals surface area contributed by atoms with E-state index in [0.717, 1.165) is 0 Å². The Labute approximate surface area is 101 Å². The van der Waals surface area contributed by atoms with Crippen LogP contribution in [-0.2, 0) is 0 Å². The Morgan fingerprint density at radius 2 is 1.75 bits per heavy atom. The van der Waals surface area contributed by atoms with Gasteiger partial charge in [0.05, 0.1) is 0 Å². The molecule has 0 aliphatic carbocycles. The quantitative estimate of drug-likeness (QED) is 0.646. The fourth-order valence-electron chi connectivity index (χ4n) is 1.65. The summed E-state index contributed by atoms with van der Waals surface area (Å²) in [4.78, 5) is 4.11. The highest BCUT2D eigenvalue weighted by molar-refractivity contribution is 5.85. The van der Waals surface area contributed by atoms with Crippen LogP contribution in [0.25, 0.3) is 10.8 Å². The van der Waals surface area contributed by atoms with E-state index in [0.29, 0.717) is 5.92 Å². The van der Waals surface area contributed by atoms with Crippen molar-refractivity contribution < 1.29 is 0 Å². The Hall–Kier alpha value is -1.31. The first kappa shape index (κ1) is 17.1. The van der Waals surface area contributed by atoms with Gasteiger partial charge >= 0.3 is 0 Å². The lowest BCUT2D eigenvalue weighted by atomic mass is 9.97. The predicted octanol–water partition coefficient (Wildman–Crippen LogP) is 4.25. The fourth-order valence-corrected chi connectivity index (χ4v) is 1.65. The molecule has 2 rings (SSSR count). The number of benzene rings is 1. The summed E-state index contributed by atoms with van der Waals surface area (Å²) in [5.41, 5.74) is 1.40. The molecule has 2 heteroatoms. The summed E-state index contributed by atoms with van der Waals surface area (Å²) in [6.45, 7) is 4.43. The van der Waals surface area contributed by atoms with Crippen LogP contribution in [0.15, 0.2) is 36.7 Å². The van der Waals surface area contributed by atoms with Crippen molar-refractivity contribution in [1.29, 1.82) is 0 Å². The van der Waals surface area contributed by atoms with Gasteiger partial charge in [0.2, 0.25) is 0 Å². The largest absolute Gasteiger partial charge is 0.264 e. The van der Waals surface area contributed by atoms with Gasteiger partial charge in [-0.1, -0.05) is 46.9 Å². The van der Waals surface area contributed by atoms with Crippen molar-refractivity contribution in [3.63, 3.8) is 0 Å². The van der Waals surface area contributed by atoms with Crippen LogP contribution < -0.4 is 0 Å². The van der Waals surface area contributed by atoms with E-state index in [1.165, 1.54) is 16.3 Å². The molecule has 2 aromatic rings. The minimum absolute atomic E-state index is 0. The van der Waals surface area contributed by atoms with Crippen molar-refractivity contribution in [2.24, 2.45) is 0 Å². The van der Waals surface area contributed by atoms with E-state index >= 15 is 0 Å². The summed E-state index contributed by atoms with van der Waals surface area (Å²) in [5.74, 6) is 0.575. The summed E-state index contributed by atoms with van der Waals surface area (Å²) < 4.78 is 0. The normalized spacial score (nSPS) is 8.94. The second-order valence-electron chi connectivity index (χ2n) is 3.60. The summed E-state index contributed by atoms with van der Waals surface area (Å²) in [5, 5.41) is 2.56. The summed E-state index contributed by atoms with van der Waals surface area (Å²) >= 11 is 0. The zero-order valence-electron chi connectivity index (χ0n) is 8.57. The van der Waals surface area contributed by atoms with E-state index in [4.69, 9.17) is 0 Å². The van der Waals surface area contributed by atoms with Gasteiger partial charge < -0.3 is 0 Å². The van der Waals surface area contributed by atoms with E-state index in [2.05, 4.69) is 43.1 Å². The highest BCUT2D eigenvalue weighted by Crippen LogP contribution is 2.23. The van der Waals surface area contributed by atoms with Crippen LogP contribution in [0.1, 0.15) is 40.2 Å². The highest BCUT2D eigenvalue weighted by atomic mass is 14.6. The number of rotatable bonds is 1. The van der Waals surface area contributed by atoms with Crippen molar-refractivity contribution >= 4 is 19.2 Å². The van der Waals surface area contributed by atoms with Crippen molar-refractivity contribution in [3.05, 3.63) is 42.2 Å². The van der Waals surface area contributed by atoms with Gasteiger partial charge in [-0.25, -0.2) is 0 Å². The zero-order valence-corrected chi connectivity index (χ0v) is 8.57. The SMILES string of the molecule is C.C.CC(C)c1cccc2cnccc12.[B]. The average Bonchev–Trinajstić information content (AvgIpc) is 2.17. The lowest BCUT2D eigenvalue weighted by Gasteiger charge is -2.08. The third-order valence-electron chi connectivity index (χ3n) is 2.34. The minimum Gasteiger partial charge on any atom is -0.264 e. The van der Waals surface area contributed by atoms with Gasteiger partial charge in [0.25, 0.3) is 0 Å². The Kier molecular flexibility index (Phi) is 7.53. The van der Waals surface area contributed by atoms with Crippen LogP contribution >= 0.6 is 0 Å². The van der Waals surface area contributed by atoms with E-state index in [1.54, 1.807) is 0 Å². The molecule has 85 valence electrons. The molecule has 0 fully saturated rings. The summed E-state index contributed by atoms with van der Waals surface area (Å²) in [6.07, 6.45) is 3.77. The van der Waals surface area contributed by atoms with Crippen molar-refractivity contribution in [2.75, 3.05) is 0 Å². The van der Waals surface area contributed by atoms with Crippen LogP contribution in [-0.4, -0.2) is 13.4 Å². The van der Waals surface area contributed by atoms with Gasteiger partial charge in [-0.2, -0.15) is 0 Å². The first-order valence-corrected chi connectivity index (χ1v) is 4.61. The maximum atomic E-state index is 4.11. The van der Waals surface area contributed by atoms with Crippen LogP contribution in [0.5, 0.6) is 0 Å². The number of aromatic nitrogens is 1. The number of nitrogens with zero attached hydrogens (tertiary/aromatic N) is 1.